The van der Waals surface area contributed by atoms with Crippen LogP contribution in [-0.4, -0.2) is 73.1 Å². The molecule has 0 aromatic carbocycles. The van der Waals surface area contributed by atoms with E-state index in [9.17, 15) is 0 Å². The molecule has 0 bridgehead atoms. The lowest BCUT2D eigenvalue weighted by Crippen LogP contribution is -2.38. The first-order chi connectivity index (χ1) is 16.9. The zero-order valence-corrected chi connectivity index (χ0v) is 22.6. The molecule has 0 unspecified atom stereocenters. The lowest BCUT2D eigenvalue weighted by Gasteiger charge is -2.26. The number of ether oxygens (including phenoxy) is 2. The average molecular weight is 487 g/mol. The van der Waals surface area contributed by atoms with Crippen LogP contribution in [0.4, 0.5) is 11.5 Å². The van der Waals surface area contributed by atoms with Crippen molar-refractivity contribution < 1.29 is 9.47 Å². The third kappa shape index (κ3) is 12.0. The fraction of sp³-hybridized carbons (Fsp3) is 0.593. The summed E-state index contributed by atoms with van der Waals surface area (Å²) in [5.74, 6) is 1.13. The Morgan fingerprint density at radius 3 is 2.34 bits per heavy atom. The number of aromatic nitrogens is 2. The quantitative estimate of drug-likeness (QED) is 0.465. The van der Waals surface area contributed by atoms with E-state index >= 15 is 0 Å². The van der Waals surface area contributed by atoms with Crippen LogP contribution in [0.3, 0.4) is 0 Å². The molecule has 0 radical (unpaired) electrons. The van der Waals surface area contributed by atoms with Gasteiger partial charge in [0.25, 0.3) is 0 Å². The minimum absolute atomic E-state index is 0.515. The number of nitrogen functional groups attached to an aromatic ring is 1. The Morgan fingerprint density at radius 1 is 1.14 bits per heavy atom. The van der Waals surface area contributed by atoms with Gasteiger partial charge in [-0.05, 0) is 44.4 Å². The van der Waals surface area contributed by atoms with Crippen molar-refractivity contribution in [3.05, 3.63) is 41.7 Å². The van der Waals surface area contributed by atoms with Crippen molar-refractivity contribution in [3.8, 4) is 5.88 Å². The lowest BCUT2D eigenvalue weighted by molar-refractivity contribution is 0.0320. The topological polar surface area (TPSA) is 101 Å². The maximum Gasteiger partial charge on any atom is 0.217 e. The van der Waals surface area contributed by atoms with Gasteiger partial charge in [-0.1, -0.05) is 27.7 Å². The molecule has 0 aliphatic carbocycles. The molecule has 0 spiro atoms. The molecule has 1 aliphatic rings. The first-order valence-corrected chi connectivity index (χ1v) is 12.9. The highest BCUT2D eigenvalue weighted by Gasteiger charge is 2.12. The van der Waals surface area contributed by atoms with E-state index in [-0.39, 0.29) is 0 Å². The molecule has 0 atom stereocenters. The Labute approximate surface area is 212 Å². The second-order valence-electron chi connectivity index (χ2n) is 8.22. The van der Waals surface area contributed by atoms with Crippen LogP contribution >= 0.6 is 0 Å². The molecule has 8 nitrogen and oxygen atoms in total. The van der Waals surface area contributed by atoms with E-state index in [1.54, 1.807) is 13.1 Å². The zero-order valence-electron chi connectivity index (χ0n) is 22.6. The maximum absolute atomic E-state index is 7.27. The standard InChI is InChI=1S/C17H30N4O2.C8H10N2.C2H6/c1-3-5-21(6-4-2)15-13-16(18)19-17(14-15)23-12-9-20-7-10-22-11-8-20;1-6-3-4-10-8(5-6)7(2)9;1-2/h13-14H,3-12H2,1-2H3,(H2,18,19);3-5,9H,1-2H3;1-2H3. The predicted molar refractivity (Wildman–Crippen MR) is 147 cm³/mol. The van der Waals surface area contributed by atoms with E-state index in [1.165, 1.54) is 0 Å². The summed E-state index contributed by atoms with van der Waals surface area (Å²) in [6.45, 7) is 19.2. The highest BCUT2D eigenvalue weighted by Crippen LogP contribution is 2.23. The van der Waals surface area contributed by atoms with Gasteiger partial charge in [0.2, 0.25) is 5.88 Å². The Bertz CT molecular complexity index is 849. The van der Waals surface area contributed by atoms with Crippen LogP contribution < -0.4 is 15.4 Å². The summed E-state index contributed by atoms with van der Waals surface area (Å²) in [5.41, 5.74) is 9.49. The Hall–Kier alpha value is -2.71. The molecule has 3 N–H and O–H groups in total. The molecule has 0 amide bonds. The Balaban J connectivity index is 0.000000425. The smallest absolute Gasteiger partial charge is 0.217 e. The van der Waals surface area contributed by atoms with Crippen LogP contribution in [0.1, 0.15) is 58.7 Å². The number of nitrogens with one attached hydrogen (secondary N) is 1. The molecule has 196 valence electrons. The summed E-state index contributed by atoms with van der Waals surface area (Å²) in [5, 5.41) is 7.27. The van der Waals surface area contributed by atoms with Crippen LogP contribution in [0.15, 0.2) is 30.5 Å². The third-order valence-electron chi connectivity index (χ3n) is 5.22. The van der Waals surface area contributed by atoms with Gasteiger partial charge in [0.05, 0.1) is 24.6 Å². The van der Waals surface area contributed by atoms with Crippen LogP contribution in [0, 0.1) is 12.3 Å². The highest BCUT2D eigenvalue weighted by molar-refractivity contribution is 5.94. The van der Waals surface area contributed by atoms with Crippen molar-refractivity contribution in [3.63, 3.8) is 0 Å². The summed E-state index contributed by atoms with van der Waals surface area (Å²) in [4.78, 5) is 13.0. The number of rotatable bonds is 10. The van der Waals surface area contributed by atoms with Crippen molar-refractivity contribution in [1.82, 2.24) is 14.9 Å². The molecule has 3 heterocycles. The molecule has 2 aromatic rings. The van der Waals surface area contributed by atoms with Crippen LogP contribution in [0.2, 0.25) is 0 Å². The van der Waals surface area contributed by atoms with E-state index in [0.29, 0.717) is 24.0 Å². The van der Waals surface area contributed by atoms with E-state index in [4.69, 9.17) is 20.6 Å². The normalized spacial score (nSPS) is 13.1. The molecule has 1 saturated heterocycles. The zero-order chi connectivity index (χ0) is 26.1. The van der Waals surface area contributed by atoms with Gasteiger partial charge in [-0.3, -0.25) is 9.88 Å². The summed E-state index contributed by atoms with van der Waals surface area (Å²) < 4.78 is 11.2. The molecule has 8 heteroatoms. The lowest BCUT2D eigenvalue weighted by atomic mass is 10.2. The first kappa shape index (κ1) is 30.3. The number of morpholine rings is 1. The fourth-order valence-electron chi connectivity index (χ4n) is 3.52. The second-order valence-corrected chi connectivity index (χ2v) is 8.22. The molecule has 35 heavy (non-hydrogen) atoms. The van der Waals surface area contributed by atoms with Crippen molar-refractivity contribution in [2.45, 2.75) is 54.4 Å². The molecular formula is C27H46N6O2. The number of hydrogen-bond acceptors (Lipinski definition) is 8. The number of nitrogens with two attached hydrogens (primary N) is 1. The minimum Gasteiger partial charge on any atom is -0.476 e. The highest BCUT2D eigenvalue weighted by atomic mass is 16.5. The molecule has 1 aliphatic heterocycles. The number of pyridine rings is 2. The van der Waals surface area contributed by atoms with Crippen molar-refractivity contribution in [2.75, 3.05) is 63.2 Å². The third-order valence-corrected chi connectivity index (χ3v) is 5.22. The van der Waals surface area contributed by atoms with E-state index in [1.807, 2.05) is 45.0 Å². The van der Waals surface area contributed by atoms with Gasteiger partial charge in [0, 0.05) is 56.7 Å². The van der Waals surface area contributed by atoms with Gasteiger partial charge in [-0.2, -0.15) is 4.98 Å². The molecule has 2 aromatic heterocycles. The monoisotopic (exact) mass is 486 g/mol. The van der Waals surface area contributed by atoms with Gasteiger partial charge in [-0.25, -0.2) is 0 Å². The van der Waals surface area contributed by atoms with Crippen LogP contribution in [-0.2, 0) is 4.74 Å². The Morgan fingerprint density at radius 2 is 1.80 bits per heavy atom. The largest absolute Gasteiger partial charge is 0.476 e. The molecule has 3 rings (SSSR count). The number of hydrogen-bond donors (Lipinski definition) is 2. The molecule has 0 saturated carbocycles. The predicted octanol–water partition coefficient (Wildman–Crippen LogP) is 4.81. The SMILES string of the molecule is CC.CC(=N)c1cc(C)ccn1.CCCN(CCC)c1cc(N)nc(OCCN2CCOCC2)c1. The number of anilines is 2. The minimum atomic E-state index is 0.515. The van der Waals surface area contributed by atoms with Gasteiger partial charge >= 0.3 is 0 Å². The number of aryl methyl sites for hydroxylation is 1. The second kappa shape index (κ2) is 17.7. The Kier molecular flexibility index (Phi) is 15.3. The van der Waals surface area contributed by atoms with Gasteiger partial charge in [0.1, 0.15) is 12.4 Å². The van der Waals surface area contributed by atoms with E-state index in [2.05, 4.69) is 33.6 Å². The number of nitrogens with zero attached hydrogens (tertiary/aromatic N) is 4. The van der Waals surface area contributed by atoms with Gasteiger partial charge < -0.3 is 25.5 Å². The first-order valence-electron chi connectivity index (χ1n) is 12.9. The summed E-state index contributed by atoms with van der Waals surface area (Å²) in [6.07, 6.45) is 3.94. The van der Waals surface area contributed by atoms with E-state index in [0.717, 1.165) is 75.7 Å². The summed E-state index contributed by atoms with van der Waals surface area (Å²) >= 11 is 0. The maximum atomic E-state index is 7.27. The summed E-state index contributed by atoms with van der Waals surface area (Å²) in [6, 6.07) is 7.76. The van der Waals surface area contributed by atoms with E-state index < -0.39 is 0 Å². The fourth-order valence-corrected chi connectivity index (χ4v) is 3.52. The average Bonchev–Trinajstić information content (AvgIpc) is 2.86. The van der Waals surface area contributed by atoms with Gasteiger partial charge in [-0.15, -0.1) is 0 Å². The van der Waals surface area contributed by atoms with Crippen LogP contribution in [0.5, 0.6) is 5.88 Å². The summed E-state index contributed by atoms with van der Waals surface area (Å²) in [7, 11) is 0. The van der Waals surface area contributed by atoms with Crippen molar-refractivity contribution >= 4 is 17.2 Å². The van der Waals surface area contributed by atoms with Crippen molar-refractivity contribution in [1.29, 1.82) is 5.41 Å². The van der Waals surface area contributed by atoms with Gasteiger partial charge in [0.15, 0.2) is 0 Å². The van der Waals surface area contributed by atoms with Crippen molar-refractivity contribution in [2.24, 2.45) is 0 Å². The molecule has 1 fully saturated rings. The molecular weight excluding hydrogens is 440 g/mol. The van der Waals surface area contributed by atoms with Crippen LogP contribution in [0.25, 0.3) is 0 Å².